The van der Waals surface area contributed by atoms with Gasteiger partial charge >= 0.3 is 5.97 Å². The van der Waals surface area contributed by atoms with Crippen molar-refractivity contribution in [2.24, 2.45) is 0 Å². The molecule has 1 aromatic heterocycles. The molecule has 0 amide bonds. The van der Waals surface area contributed by atoms with Crippen molar-refractivity contribution in [1.29, 1.82) is 0 Å². The van der Waals surface area contributed by atoms with Crippen LogP contribution in [0.5, 0.6) is 0 Å². The van der Waals surface area contributed by atoms with E-state index in [2.05, 4.69) is 50.0 Å². The highest BCUT2D eigenvalue weighted by Gasteiger charge is 2.14. The zero-order chi connectivity index (χ0) is 16.6. The quantitative estimate of drug-likeness (QED) is 0.732. The van der Waals surface area contributed by atoms with E-state index in [-0.39, 0.29) is 11.0 Å². The second kappa shape index (κ2) is 5.51. The van der Waals surface area contributed by atoms with Gasteiger partial charge in [0.15, 0.2) is 0 Å². The van der Waals surface area contributed by atoms with Crippen molar-refractivity contribution in [3.8, 4) is 11.1 Å². The van der Waals surface area contributed by atoms with Crippen molar-refractivity contribution in [3.05, 3.63) is 65.9 Å². The van der Waals surface area contributed by atoms with E-state index in [1.165, 1.54) is 17.8 Å². The number of benzene rings is 2. The second-order valence-electron chi connectivity index (χ2n) is 6.72. The molecule has 0 saturated carbocycles. The fourth-order valence-electron chi connectivity index (χ4n) is 2.67. The molecule has 2 aromatic carbocycles. The monoisotopic (exact) mass is 305 g/mol. The van der Waals surface area contributed by atoms with E-state index < -0.39 is 5.97 Å². The molecule has 0 radical (unpaired) electrons. The summed E-state index contributed by atoms with van der Waals surface area (Å²) in [6, 6.07) is 15.7. The standard InChI is InChI=1S/C20H19NO2/c1-20(2,3)15-7-4-13(5-8-15)14-6-9-18-17(12-14)16(19(22)23)10-11-21-18/h4-12H,1-3H3,(H,22,23). The third-order valence-electron chi connectivity index (χ3n) is 4.06. The van der Waals surface area contributed by atoms with Crippen molar-refractivity contribution in [2.45, 2.75) is 26.2 Å². The Bertz CT molecular complexity index is 874. The summed E-state index contributed by atoms with van der Waals surface area (Å²) in [5.74, 6) is -0.933. The van der Waals surface area contributed by atoms with Gasteiger partial charge in [0.05, 0.1) is 11.1 Å². The van der Waals surface area contributed by atoms with Gasteiger partial charge in [-0.05, 0) is 40.3 Å². The Labute approximate surface area is 135 Å². The molecule has 0 atom stereocenters. The number of carbonyl (C=O) groups is 1. The third-order valence-corrected chi connectivity index (χ3v) is 4.06. The molecule has 3 heteroatoms. The average molecular weight is 305 g/mol. The lowest BCUT2D eigenvalue weighted by Gasteiger charge is -2.19. The van der Waals surface area contributed by atoms with Crippen LogP contribution >= 0.6 is 0 Å². The van der Waals surface area contributed by atoms with Gasteiger partial charge in [-0.3, -0.25) is 4.98 Å². The summed E-state index contributed by atoms with van der Waals surface area (Å²) in [7, 11) is 0. The van der Waals surface area contributed by atoms with Gasteiger partial charge in [-0.25, -0.2) is 4.79 Å². The van der Waals surface area contributed by atoms with Gasteiger partial charge in [0.25, 0.3) is 0 Å². The van der Waals surface area contributed by atoms with Gasteiger partial charge in [-0.1, -0.05) is 51.1 Å². The number of fused-ring (bicyclic) bond motifs is 1. The second-order valence-corrected chi connectivity index (χ2v) is 6.72. The number of hydrogen-bond donors (Lipinski definition) is 1. The number of aromatic nitrogens is 1. The fraction of sp³-hybridized carbons (Fsp3) is 0.200. The molecule has 0 aliphatic heterocycles. The van der Waals surface area contributed by atoms with Crippen LogP contribution in [0.25, 0.3) is 22.0 Å². The topological polar surface area (TPSA) is 50.2 Å². The van der Waals surface area contributed by atoms with Crippen LogP contribution in [0.2, 0.25) is 0 Å². The van der Waals surface area contributed by atoms with Crippen molar-refractivity contribution in [2.75, 3.05) is 0 Å². The van der Waals surface area contributed by atoms with Gasteiger partial charge in [0.2, 0.25) is 0 Å². The molecule has 0 bridgehead atoms. The molecule has 3 rings (SSSR count). The van der Waals surface area contributed by atoms with E-state index in [0.29, 0.717) is 10.9 Å². The Morgan fingerprint density at radius 1 is 0.957 bits per heavy atom. The number of aromatic carboxylic acids is 1. The summed E-state index contributed by atoms with van der Waals surface area (Å²) in [5, 5.41) is 10.0. The first-order chi connectivity index (χ1) is 10.9. The highest BCUT2D eigenvalue weighted by Crippen LogP contribution is 2.28. The predicted octanol–water partition coefficient (Wildman–Crippen LogP) is 4.90. The Kier molecular flexibility index (Phi) is 3.64. The number of rotatable bonds is 2. The van der Waals surface area contributed by atoms with Crippen molar-refractivity contribution in [1.82, 2.24) is 4.98 Å². The summed E-state index contributed by atoms with van der Waals surface area (Å²) < 4.78 is 0. The number of carboxylic acid groups (broad SMARTS) is 1. The Morgan fingerprint density at radius 3 is 2.22 bits per heavy atom. The van der Waals surface area contributed by atoms with Gasteiger partial charge in [0, 0.05) is 11.6 Å². The summed E-state index contributed by atoms with van der Waals surface area (Å²) in [5.41, 5.74) is 4.43. The first kappa shape index (κ1) is 15.2. The molecule has 0 fully saturated rings. The smallest absolute Gasteiger partial charge is 0.336 e. The van der Waals surface area contributed by atoms with Crippen LogP contribution in [-0.4, -0.2) is 16.1 Å². The maximum Gasteiger partial charge on any atom is 0.336 e. The largest absolute Gasteiger partial charge is 0.478 e. The molecule has 1 N–H and O–H groups in total. The van der Waals surface area contributed by atoms with Gasteiger partial charge in [-0.15, -0.1) is 0 Å². The minimum atomic E-state index is -0.933. The van der Waals surface area contributed by atoms with Crippen LogP contribution in [0.3, 0.4) is 0 Å². The molecular weight excluding hydrogens is 286 g/mol. The molecule has 0 aliphatic rings. The summed E-state index contributed by atoms with van der Waals surface area (Å²) >= 11 is 0. The van der Waals surface area contributed by atoms with Crippen LogP contribution in [0.1, 0.15) is 36.7 Å². The molecule has 0 unspecified atom stereocenters. The van der Waals surface area contributed by atoms with Crippen LogP contribution < -0.4 is 0 Å². The van der Waals surface area contributed by atoms with E-state index >= 15 is 0 Å². The van der Waals surface area contributed by atoms with E-state index in [9.17, 15) is 9.90 Å². The zero-order valence-electron chi connectivity index (χ0n) is 13.5. The summed E-state index contributed by atoms with van der Waals surface area (Å²) in [6.45, 7) is 6.55. The number of nitrogens with zero attached hydrogens (tertiary/aromatic N) is 1. The molecule has 0 aliphatic carbocycles. The average Bonchev–Trinajstić information content (AvgIpc) is 2.53. The lowest BCUT2D eigenvalue weighted by Crippen LogP contribution is -2.10. The number of carboxylic acids is 1. The van der Waals surface area contributed by atoms with Gasteiger partial charge < -0.3 is 5.11 Å². The van der Waals surface area contributed by atoms with E-state index in [0.717, 1.165) is 11.1 Å². The molecule has 23 heavy (non-hydrogen) atoms. The van der Waals surface area contributed by atoms with Gasteiger partial charge in [-0.2, -0.15) is 0 Å². The van der Waals surface area contributed by atoms with Crippen molar-refractivity contribution < 1.29 is 9.90 Å². The van der Waals surface area contributed by atoms with Crippen LogP contribution in [0.15, 0.2) is 54.7 Å². The molecule has 0 saturated heterocycles. The highest BCUT2D eigenvalue weighted by molar-refractivity contribution is 6.03. The lowest BCUT2D eigenvalue weighted by atomic mass is 9.86. The third kappa shape index (κ3) is 2.95. The molecule has 3 nitrogen and oxygen atoms in total. The maximum absolute atomic E-state index is 11.4. The SMILES string of the molecule is CC(C)(C)c1ccc(-c2ccc3nccc(C(=O)O)c3c2)cc1. The Morgan fingerprint density at radius 2 is 1.61 bits per heavy atom. The minimum absolute atomic E-state index is 0.113. The van der Waals surface area contributed by atoms with E-state index in [1.807, 2.05) is 18.2 Å². The summed E-state index contributed by atoms with van der Waals surface area (Å²) in [6.07, 6.45) is 1.53. The molecule has 1 heterocycles. The minimum Gasteiger partial charge on any atom is -0.478 e. The normalized spacial score (nSPS) is 11.6. The van der Waals surface area contributed by atoms with E-state index in [1.54, 1.807) is 0 Å². The first-order valence-electron chi connectivity index (χ1n) is 7.59. The number of hydrogen-bond acceptors (Lipinski definition) is 2. The molecule has 3 aromatic rings. The van der Waals surface area contributed by atoms with E-state index in [4.69, 9.17) is 0 Å². The maximum atomic E-state index is 11.4. The number of pyridine rings is 1. The molecule has 0 spiro atoms. The lowest BCUT2D eigenvalue weighted by molar-refractivity contribution is 0.0699. The molecular formula is C20H19NO2. The summed E-state index contributed by atoms with van der Waals surface area (Å²) in [4.78, 5) is 15.6. The van der Waals surface area contributed by atoms with Crippen LogP contribution in [0, 0.1) is 0 Å². The van der Waals surface area contributed by atoms with Crippen molar-refractivity contribution in [3.63, 3.8) is 0 Å². The zero-order valence-corrected chi connectivity index (χ0v) is 13.5. The predicted molar refractivity (Wildman–Crippen MR) is 92.8 cm³/mol. The molecule has 116 valence electrons. The van der Waals surface area contributed by atoms with Gasteiger partial charge in [0.1, 0.15) is 0 Å². The Hall–Kier alpha value is -2.68. The fourth-order valence-corrected chi connectivity index (χ4v) is 2.67. The van der Waals surface area contributed by atoms with Crippen LogP contribution in [0.4, 0.5) is 0 Å². The Balaban J connectivity index is 2.10. The van der Waals surface area contributed by atoms with Crippen molar-refractivity contribution >= 4 is 16.9 Å². The van der Waals surface area contributed by atoms with Crippen LogP contribution in [-0.2, 0) is 5.41 Å². The first-order valence-corrected chi connectivity index (χ1v) is 7.59. The highest BCUT2D eigenvalue weighted by atomic mass is 16.4.